The molecule has 9 rings (SSSR count). The van der Waals surface area contributed by atoms with Gasteiger partial charge in [-0.25, -0.2) is 4.98 Å². The fourth-order valence-corrected chi connectivity index (χ4v) is 18.3. The number of hydrogen-bond donors (Lipinski definition) is 21. The zero-order valence-corrected chi connectivity index (χ0v) is 81.8. The molecular formula is C96H137N25O19S. The van der Waals surface area contributed by atoms with Gasteiger partial charge in [0.05, 0.1) is 31.7 Å². The quantitative estimate of drug-likeness (QED) is 0.0140. The molecule has 44 nitrogen and oxygen atoms in total. The van der Waals surface area contributed by atoms with E-state index in [4.69, 9.17) is 22.6 Å². The van der Waals surface area contributed by atoms with E-state index in [0.717, 1.165) is 44.2 Å². The summed E-state index contributed by atoms with van der Waals surface area (Å²) < 4.78 is 0. The van der Waals surface area contributed by atoms with Crippen LogP contribution in [0.15, 0.2) is 104 Å². The number of carbonyl (C=O) groups is 18. The maximum absolute atomic E-state index is 15.9. The number of thioether (sulfide) groups is 1. The van der Waals surface area contributed by atoms with Crippen LogP contribution in [-0.4, -0.2) is 307 Å². The van der Waals surface area contributed by atoms with Crippen LogP contribution in [0.4, 0.5) is 0 Å². The number of imidazole rings is 1. The largest absolute Gasteiger partial charge is 0.394 e. The molecule has 3 aromatic heterocycles. The van der Waals surface area contributed by atoms with E-state index in [9.17, 15) is 48.3 Å². The summed E-state index contributed by atoms with van der Waals surface area (Å²) >= 11 is 0.791. The number of guanidine groups is 1. The first-order valence-corrected chi connectivity index (χ1v) is 49.2. The minimum atomic E-state index is -1.91. The average molecular weight is 1980 g/mol. The predicted molar refractivity (Wildman–Crippen MR) is 523 cm³/mol. The van der Waals surface area contributed by atoms with Crippen molar-refractivity contribution in [2.75, 3.05) is 65.4 Å². The van der Waals surface area contributed by atoms with Gasteiger partial charge in [0.15, 0.2) is 5.96 Å². The molecule has 141 heavy (non-hydrogen) atoms. The lowest BCUT2D eigenvalue weighted by Crippen LogP contribution is -2.62. The number of aliphatic hydroxyl groups is 1. The molecule has 766 valence electrons. The van der Waals surface area contributed by atoms with Crippen molar-refractivity contribution in [2.24, 2.45) is 29.0 Å². The minimum Gasteiger partial charge on any atom is -0.394 e. The van der Waals surface area contributed by atoms with Crippen LogP contribution in [0.25, 0.3) is 21.8 Å². The van der Waals surface area contributed by atoms with Crippen LogP contribution in [-0.2, 0) is 112 Å². The summed E-state index contributed by atoms with van der Waals surface area (Å²) in [6.07, 6.45) is 8.08. The van der Waals surface area contributed by atoms with Crippen molar-refractivity contribution in [1.82, 2.24) is 109 Å². The maximum atomic E-state index is 15.9. The van der Waals surface area contributed by atoms with Gasteiger partial charge < -0.3 is 126 Å². The van der Waals surface area contributed by atoms with Gasteiger partial charge in [-0.05, 0) is 106 Å². The first-order valence-electron chi connectivity index (χ1n) is 48.0. The number of aromatic nitrogens is 4. The minimum absolute atomic E-state index is 0.00745. The lowest BCUT2D eigenvalue weighted by molar-refractivity contribution is -0.149. The highest BCUT2D eigenvalue weighted by molar-refractivity contribution is 8.00. The number of H-pyrrole nitrogens is 3. The molecule has 18 amide bonds. The van der Waals surface area contributed by atoms with Gasteiger partial charge in [0, 0.05) is 124 Å². The van der Waals surface area contributed by atoms with Crippen LogP contribution in [0, 0.1) is 17.2 Å². The lowest BCUT2D eigenvalue weighted by Gasteiger charge is -2.36. The van der Waals surface area contributed by atoms with Gasteiger partial charge in [-0.15, -0.1) is 11.8 Å². The number of rotatable bonds is 30. The van der Waals surface area contributed by atoms with Gasteiger partial charge >= 0.3 is 0 Å². The molecule has 3 aliphatic rings. The third-order valence-electron chi connectivity index (χ3n) is 25.5. The van der Waals surface area contributed by atoms with Crippen molar-refractivity contribution in [3.8, 4) is 0 Å². The van der Waals surface area contributed by atoms with Crippen LogP contribution in [0.1, 0.15) is 166 Å². The van der Waals surface area contributed by atoms with Crippen molar-refractivity contribution in [2.45, 2.75) is 254 Å². The van der Waals surface area contributed by atoms with E-state index in [1.165, 1.54) is 40.6 Å². The van der Waals surface area contributed by atoms with E-state index in [2.05, 4.69) is 89.1 Å². The Hall–Kier alpha value is -14.0. The van der Waals surface area contributed by atoms with Crippen LogP contribution in [0.2, 0.25) is 0 Å². The molecular weight excluding hydrogens is 1840 g/mol. The van der Waals surface area contributed by atoms with Crippen molar-refractivity contribution < 1.29 is 91.4 Å². The molecule has 2 aliphatic heterocycles. The molecule has 2 saturated heterocycles. The summed E-state index contributed by atoms with van der Waals surface area (Å²) in [5.41, 5.74) is 20.0. The van der Waals surface area contributed by atoms with Crippen LogP contribution >= 0.6 is 11.8 Å². The molecule has 0 unspecified atom stereocenters. The Labute approximate surface area is 821 Å². The van der Waals surface area contributed by atoms with Crippen LogP contribution in [0.5, 0.6) is 0 Å². The Morgan fingerprint density at radius 1 is 0.496 bits per heavy atom. The highest BCUT2D eigenvalue weighted by Gasteiger charge is 2.45. The number of aromatic amines is 3. The molecule has 45 heteroatoms. The summed E-state index contributed by atoms with van der Waals surface area (Å²) in [5.74, 6) is -18.4. The number of likely N-dealkylation sites (N-methyl/N-ethyl adjacent to an activating group) is 3. The second-order valence-corrected chi connectivity index (χ2v) is 37.6. The fourth-order valence-electron chi connectivity index (χ4n) is 17.5. The molecule has 0 radical (unpaired) electrons. The van der Waals surface area contributed by atoms with Gasteiger partial charge in [-0.2, -0.15) is 0 Å². The number of aliphatic hydroxyl groups excluding tert-OH is 1. The normalized spacial score (nSPS) is 23.9. The van der Waals surface area contributed by atoms with Crippen molar-refractivity contribution in [3.05, 3.63) is 126 Å². The van der Waals surface area contributed by atoms with E-state index in [1.807, 2.05) is 13.8 Å². The zero-order valence-electron chi connectivity index (χ0n) is 81.0. The third kappa shape index (κ3) is 32.5. The lowest BCUT2D eigenvalue weighted by atomic mass is 10.00. The number of hydrogen-bond acceptors (Lipinski definition) is 22. The van der Waals surface area contributed by atoms with Crippen molar-refractivity contribution in [3.63, 3.8) is 0 Å². The number of primary amides is 2. The summed E-state index contributed by atoms with van der Waals surface area (Å²) in [5, 5.41) is 55.4. The molecule has 6 aromatic rings. The first-order chi connectivity index (χ1) is 67.4. The number of nitrogens with zero attached hydrogens (tertiary/aromatic N) is 5. The number of benzene rings is 3. The van der Waals surface area contributed by atoms with Gasteiger partial charge in [0.1, 0.15) is 84.6 Å². The van der Waals surface area contributed by atoms with E-state index >= 15 is 43.2 Å². The van der Waals surface area contributed by atoms with E-state index in [0.29, 0.717) is 82.7 Å². The SMILES string of the molecule is CCCC[C@H]1C(=O)N(C)[C@@H](CCCC)C(=O)N[C@@H](CCCNC(=N)N)C(=O)N[C@H](C(=O)NCC(N)=O)CSCC(=O)N[C@@H](Cc2ccccc2)C(=O)N(C)[C@@H](C)C(=O)N[C@@H](CC(N)=O)C(=O)N2CCC[C@H]2C(=O)N[C@@H](Cc2cnc[nH]2)C(=O)N[C@@H](CC(C)C)C(=O)N[C@@H](CCNC(=O)C2CCCC2)C(=O)N[C@@H](Cc2c[nH]c3ccccc23)C(=O)N[C@@H](CO)C(=O)N[C@@H](Cc2c[nH]c3ccccc23)C(=O)N1C. The molecule has 24 N–H and O–H groups in total. The number of carbonyl (C=O) groups excluding carboxylic acids is 18. The van der Waals surface area contributed by atoms with Crippen molar-refractivity contribution >= 4 is 146 Å². The number of amides is 18. The molecule has 5 heterocycles. The van der Waals surface area contributed by atoms with Gasteiger partial charge in [0.25, 0.3) is 0 Å². The standard InChI is InChI=1S/C96H137N25O19S/c1-9-11-33-75-90(135)110-65(32-22-37-103-96(99)100)84(129)117-74(83(128)106-49-79(98)124)51-141-52-80(125)108-70(41-56-24-14-13-15-25-56)92(137)118(6)55(5)81(126)114-72(45-78(97)123)94(139)121-39-23-35-76(121)91(136)113-69(44-60-48-101-53-107-60)88(133)111-67(40-54(3)4)86(131)109-66(36-38-102-82(127)57-26-16-17-27-57)85(130)112-68(42-58-46-104-63-30-20-18-28-61(58)63)87(132)116-73(50-122)89(134)115-71(43-59-47-105-64-31-21-19-29-62(59)64)93(138)120(8)77(34-12-10-2)95(140)119(75)7/h13-15,18-21,24-25,28-31,46-48,53-55,57,65-77,104-105,122H,9-12,16-17,22-23,26-27,32-45,49-52H2,1-8H3,(H2,97,123)(H2,98,124)(H,101,107)(H,102,127)(H,106,128)(H,108,125)(H,109,131)(H,110,135)(H,111,133)(H,112,130)(H,113,136)(H,114,126)(H,115,134)(H,116,132)(H,117,129)(H4,99,100,103)/t55-,65-,66-,67-,68-,69-,70-,71-,72-,73-,74-,75-,76-,77-/m0/s1. The molecule has 14 atom stereocenters. The average Bonchev–Trinajstić information content (AvgIpc) is 1.65. The highest BCUT2D eigenvalue weighted by Crippen LogP contribution is 2.28. The fraction of sp³-hybridized carbons (Fsp3) is 0.542. The number of nitrogens with two attached hydrogens (primary N) is 3. The topological polar surface area (TPSA) is 659 Å². The summed E-state index contributed by atoms with van der Waals surface area (Å²) in [4.78, 5) is 283. The second-order valence-electron chi connectivity index (χ2n) is 36.5. The molecule has 0 spiro atoms. The first kappa shape index (κ1) is 111. The van der Waals surface area contributed by atoms with Gasteiger partial charge in [-0.1, -0.05) is 133 Å². The maximum Gasteiger partial charge on any atom is 0.246 e. The van der Waals surface area contributed by atoms with Gasteiger partial charge in [-0.3, -0.25) is 91.7 Å². The Bertz CT molecular complexity index is 5360. The summed E-state index contributed by atoms with van der Waals surface area (Å²) in [6.45, 7) is 6.34. The van der Waals surface area contributed by atoms with Crippen molar-refractivity contribution in [1.29, 1.82) is 5.41 Å². The van der Waals surface area contributed by atoms with Crippen LogP contribution in [0.3, 0.4) is 0 Å². The monoisotopic (exact) mass is 1980 g/mol. The van der Waals surface area contributed by atoms with E-state index < -0.39 is 222 Å². The molecule has 0 bridgehead atoms. The van der Waals surface area contributed by atoms with Crippen LogP contribution < -0.4 is 86.3 Å². The Morgan fingerprint density at radius 2 is 1.02 bits per heavy atom. The second kappa shape index (κ2) is 54.5. The number of para-hydroxylation sites is 2. The predicted octanol–water partition coefficient (Wildman–Crippen LogP) is -1.41. The zero-order chi connectivity index (χ0) is 103. The molecule has 3 fully saturated rings. The Balaban J connectivity index is 1.12. The van der Waals surface area contributed by atoms with E-state index in [-0.39, 0.29) is 114 Å². The highest BCUT2D eigenvalue weighted by atomic mass is 32.2. The Morgan fingerprint density at radius 3 is 1.63 bits per heavy atom. The molecule has 3 aromatic carbocycles. The third-order valence-corrected chi connectivity index (χ3v) is 26.5. The number of fused-ring (bicyclic) bond motifs is 3. The number of unbranched alkanes of at least 4 members (excludes halogenated alkanes) is 2. The summed E-state index contributed by atoms with van der Waals surface area (Å²) in [6, 6.07) is 0.655. The Kier molecular flexibility index (Phi) is 42.8. The van der Waals surface area contributed by atoms with E-state index in [1.54, 1.807) is 105 Å². The smallest absolute Gasteiger partial charge is 0.246 e. The summed E-state index contributed by atoms with van der Waals surface area (Å²) in [7, 11) is 3.95. The molecule has 1 aliphatic carbocycles. The molecule has 1 saturated carbocycles. The number of nitrogens with one attached hydrogen (secondary N) is 17. The van der Waals surface area contributed by atoms with Gasteiger partial charge in [0.2, 0.25) is 106 Å².